The number of alkyl halides is 3. The lowest BCUT2D eigenvalue weighted by Gasteiger charge is -2.36. The molecule has 1 aliphatic heterocycles. The van der Waals surface area contributed by atoms with E-state index in [2.05, 4.69) is 51.8 Å². The molecule has 0 radical (unpaired) electrons. The van der Waals surface area contributed by atoms with Crippen LogP contribution in [0.25, 0.3) is 5.52 Å². The Labute approximate surface area is 166 Å². The number of aromatic nitrogens is 5. The first-order chi connectivity index (χ1) is 13.6. The number of fused-ring (bicyclic) bond motifs is 1. The number of anilines is 2. The van der Waals surface area contributed by atoms with E-state index in [1.54, 1.807) is 6.20 Å². The highest BCUT2D eigenvalue weighted by Gasteiger charge is 2.33. The zero-order chi connectivity index (χ0) is 20.8. The average molecular weight is 405 g/mol. The molecule has 3 aromatic heterocycles. The number of piperazine rings is 1. The molecule has 0 aromatic carbocycles. The van der Waals surface area contributed by atoms with E-state index in [0.29, 0.717) is 26.2 Å². The molecular formula is C19H22F3N7. The van der Waals surface area contributed by atoms with E-state index in [1.165, 1.54) is 0 Å². The van der Waals surface area contributed by atoms with E-state index < -0.39 is 11.9 Å². The fourth-order valence-electron chi connectivity index (χ4n) is 3.34. The third kappa shape index (κ3) is 3.83. The van der Waals surface area contributed by atoms with Crippen molar-refractivity contribution in [1.82, 2.24) is 24.6 Å². The molecule has 1 fully saturated rings. The van der Waals surface area contributed by atoms with Crippen molar-refractivity contribution < 1.29 is 13.2 Å². The Kier molecular flexibility index (Phi) is 4.59. The third-order valence-electron chi connectivity index (χ3n) is 4.98. The maximum Gasteiger partial charge on any atom is 0.433 e. The molecule has 4 heterocycles. The van der Waals surface area contributed by atoms with Gasteiger partial charge in [0.15, 0.2) is 5.82 Å². The van der Waals surface area contributed by atoms with Gasteiger partial charge in [-0.2, -0.15) is 18.3 Å². The summed E-state index contributed by atoms with van der Waals surface area (Å²) in [4.78, 5) is 15.9. The fourth-order valence-corrected chi connectivity index (χ4v) is 3.34. The van der Waals surface area contributed by atoms with Crippen LogP contribution in [0, 0.1) is 0 Å². The van der Waals surface area contributed by atoms with Crippen LogP contribution in [-0.2, 0) is 11.6 Å². The van der Waals surface area contributed by atoms with Gasteiger partial charge in [-0.05, 0) is 6.07 Å². The third-order valence-corrected chi connectivity index (χ3v) is 4.98. The molecule has 4 rings (SSSR count). The summed E-state index contributed by atoms with van der Waals surface area (Å²) in [7, 11) is 0. The Morgan fingerprint density at radius 3 is 2.21 bits per heavy atom. The van der Waals surface area contributed by atoms with Gasteiger partial charge in [0, 0.05) is 50.1 Å². The van der Waals surface area contributed by atoms with Crippen LogP contribution in [-0.4, -0.2) is 50.7 Å². The predicted molar refractivity (Wildman–Crippen MR) is 103 cm³/mol. The molecule has 0 amide bonds. The molecule has 0 spiro atoms. The van der Waals surface area contributed by atoms with Gasteiger partial charge < -0.3 is 9.80 Å². The smallest absolute Gasteiger partial charge is 0.353 e. The lowest BCUT2D eigenvalue weighted by atomic mass is 9.92. The molecule has 0 N–H and O–H groups in total. The normalized spacial score (nSPS) is 15.9. The predicted octanol–water partition coefficient (Wildman–Crippen LogP) is 3.16. The molecule has 1 aliphatic rings. The maximum atomic E-state index is 12.9. The first kappa shape index (κ1) is 19.4. The van der Waals surface area contributed by atoms with Crippen molar-refractivity contribution in [3.63, 3.8) is 0 Å². The molecular weight excluding hydrogens is 383 g/mol. The standard InChI is InChI=1S/C19H22F3N7/c1-18(2,3)14-10-13-17(23-4-5-29(13)26-14)28-8-6-27(7-9-28)16-11-15(19(20,21)22)24-12-25-16/h4-5,10-12H,6-9H2,1-3H3. The van der Waals surface area contributed by atoms with E-state index in [4.69, 9.17) is 0 Å². The minimum Gasteiger partial charge on any atom is -0.353 e. The molecule has 7 nitrogen and oxygen atoms in total. The summed E-state index contributed by atoms with van der Waals surface area (Å²) in [5, 5.41) is 4.65. The summed E-state index contributed by atoms with van der Waals surface area (Å²) in [6.07, 6.45) is 0.0248. The highest BCUT2D eigenvalue weighted by molar-refractivity contribution is 5.70. The Balaban J connectivity index is 1.54. The summed E-state index contributed by atoms with van der Waals surface area (Å²) < 4.78 is 40.6. The van der Waals surface area contributed by atoms with Crippen molar-refractivity contribution in [2.24, 2.45) is 0 Å². The van der Waals surface area contributed by atoms with Crippen molar-refractivity contribution in [3.8, 4) is 0 Å². The second-order valence-electron chi connectivity index (χ2n) is 8.09. The molecule has 29 heavy (non-hydrogen) atoms. The van der Waals surface area contributed by atoms with E-state index >= 15 is 0 Å². The van der Waals surface area contributed by atoms with Gasteiger partial charge >= 0.3 is 6.18 Å². The molecule has 0 bridgehead atoms. The molecule has 0 unspecified atom stereocenters. The van der Waals surface area contributed by atoms with Gasteiger partial charge in [0.2, 0.25) is 0 Å². The highest BCUT2D eigenvalue weighted by atomic mass is 19.4. The van der Waals surface area contributed by atoms with Crippen molar-refractivity contribution in [2.45, 2.75) is 32.4 Å². The highest BCUT2D eigenvalue weighted by Crippen LogP contribution is 2.30. The van der Waals surface area contributed by atoms with Crippen molar-refractivity contribution in [3.05, 3.63) is 42.2 Å². The zero-order valence-corrected chi connectivity index (χ0v) is 16.5. The van der Waals surface area contributed by atoms with E-state index in [1.807, 2.05) is 15.6 Å². The van der Waals surface area contributed by atoms with Crippen molar-refractivity contribution in [1.29, 1.82) is 0 Å². The summed E-state index contributed by atoms with van der Waals surface area (Å²) in [6.45, 7) is 8.64. The number of nitrogens with zero attached hydrogens (tertiary/aromatic N) is 7. The molecule has 0 aliphatic carbocycles. The van der Waals surface area contributed by atoms with Crippen LogP contribution in [0.15, 0.2) is 30.9 Å². The number of rotatable bonds is 2. The van der Waals surface area contributed by atoms with Gasteiger partial charge in [-0.15, -0.1) is 0 Å². The lowest BCUT2D eigenvalue weighted by Crippen LogP contribution is -2.47. The van der Waals surface area contributed by atoms with Crippen LogP contribution in [0.5, 0.6) is 0 Å². The zero-order valence-electron chi connectivity index (χ0n) is 16.5. The first-order valence-electron chi connectivity index (χ1n) is 9.37. The number of hydrogen-bond donors (Lipinski definition) is 0. The van der Waals surface area contributed by atoms with Gasteiger partial charge in [0.05, 0.1) is 5.69 Å². The minimum atomic E-state index is -4.48. The van der Waals surface area contributed by atoms with Crippen LogP contribution in [0.2, 0.25) is 0 Å². The largest absolute Gasteiger partial charge is 0.433 e. The molecule has 3 aromatic rings. The minimum absolute atomic E-state index is 0.0782. The van der Waals surface area contributed by atoms with Gasteiger partial charge in [-0.3, -0.25) is 0 Å². The molecule has 1 saturated heterocycles. The molecule has 154 valence electrons. The van der Waals surface area contributed by atoms with Gasteiger partial charge in [0.25, 0.3) is 0 Å². The van der Waals surface area contributed by atoms with Gasteiger partial charge in [-0.1, -0.05) is 20.8 Å². The van der Waals surface area contributed by atoms with E-state index in [0.717, 1.165) is 29.4 Å². The van der Waals surface area contributed by atoms with Crippen LogP contribution in [0.1, 0.15) is 32.2 Å². The first-order valence-corrected chi connectivity index (χ1v) is 9.37. The Bertz CT molecular complexity index is 1010. The second-order valence-corrected chi connectivity index (χ2v) is 8.09. The summed E-state index contributed by atoms with van der Waals surface area (Å²) in [5.74, 6) is 1.12. The lowest BCUT2D eigenvalue weighted by molar-refractivity contribution is -0.141. The Morgan fingerprint density at radius 1 is 0.862 bits per heavy atom. The molecule has 0 saturated carbocycles. The topological polar surface area (TPSA) is 62.5 Å². The monoisotopic (exact) mass is 405 g/mol. The van der Waals surface area contributed by atoms with Crippen LogP contribution >= 0.6 is 0 Å². The van der Waals surface area contributed by atoms with E-state index in [-0.39, 0.29) is 11.2 Å². The fraction of sp³-hybridized carbons (Fsp3) is 0.474. The SMILES string of the molecule is CC(C)(C)c1cc2c(N3CCN(c4cc(C(F)(F)F)ncn4)CC3)nccn2n1. The van der Waals surface area contributed by atoms with Crippen molar-refractivity contribution in [2.75, 3.05) is 36.0 Å². The summed E-state index contributed by atoms with van der Waals surface area (Å²) >= 11 is 0. The van der Waals surface area contributed by atoms with Gasteiger partial charge in [-0.25, -0.2) is 19.5 Å². The van der Waals surface area contributed by atoms with Crippen LogP contribution in [0.3, 0.4) is 0 Å². The quantitative estimate of drug-likeness (QED) is 0.653. The molecule has 10 heteroatoms. The molecule has 0 atom stereocenters. The van der Waals surface area contributed by atoms with Crippen LogP contribution in [0.4, 0.5) is 24.8 Å². The Morgan fingerprint density at radius 2 is 1.55 bits per heavy atom. The maximum absolute atomic E-state index is 12.9. The second kappa shape index (κ2) is 6.85. The number of hydrogen-bond acceptors (Lipinski definition) is 6. The summed E-state index contributed by atoms with van der Waals surface area (Å²) in [5.41, 5.74) is 0.897. The van der Waals surface area contributed by atoms with E-state index in [9.17, 15) is 13.2 Å². The van der Waals surface area contributed by atoms with Gasteiger partial charge in [0.1, 0.15) is 23.4 Å². The number of halogens is 3. The summed E-state index contributed by atoms with van der Waals surface area (Å²) in [6, 6.07) is 3.05. The Hall–Kier alpha value is -2.91. The average Bonchev–Trinajstić information content (AvgIpc) is 3.12. The van der Waals surface area contributed by atoms with Crippen LogP contribution < -0.4 is 9.80 Å². The van der Waals surface area contributed by atoms with Crippen molar-refractivity contribution >= 4 is 17.2 Å².